The predicted molar refractivity (Wildman–Crippen MR) is 72.3 cm³/mol. The van der Waals surface area contributed by atoms with E-state index in [1.807, 2.05) is 11.0 Å². The minimum Gasteiger partial charge on any atom is -0.339 e. The van der Waals surface area contributed by atoms with Gasteiger partial charge in [0.25, 0.3) is 0 Å². The Morgan fingerprint density at radius 2 is 1.72 bits per heavy atom. The molecular formula is C16H21NO. The zero-order chi connectivity index (χ0) is 12.4. The van der Waals surface area contributed by atoms with Crippen molar-refractivity contribution in [2.24, 2.45) is 5.92 Å². The van der Waals surface area contributed by atoms with Gasteiger partial charge in [-0.05, 0) is 24.3 Å². The number of benzene rings is 1. The number of carbonyl (C=O) groups excluding carboxylic acids is 1. The van der Waals surface area contributed by atoms with Gasteiger partial charge in [-0.1, -0.05) is 49.6 Å². The van der Waals surface area contributed by atoms with Crippen molar-refractivity contribution in [1.82, 2.24) is 4.90 Å². The molecule has 2 fully saturated rings. The maximum atomic E-state index is 12.5. The minimum atomic E-state index is 0.119. The minimum absolute atomic E-state index is 0.119. The molecule has 2 nitrogen and oxygen atoms in total. The summed E-state index contributed by atoms with van der Waals surface area (Å²) < 4.78 is 0. The Balaban J connectivity index is 1.84. The molecule has 1 aliphatic heterocycles. The molecule has 1 saturated heterocycles. The average Bonchev–Trinajstić information content (AvgIpc) is 3.26. The van der Waals surface area contributed by atoms with Crippen molar-refractivity contribution in [3.05, 3.63) is 35.9 Å². The van der Waals surface area contributed by atoms with Crippen LogP contribution in [0.4, 0.5) is 0 Å². The Hall–Kier alpha value is -1.31. The molecule has 1 atom stereocenters. The van der Waals surface area contributed by atoms with Gasteiger partial charge in [0.1, 0.15) is 0 Å². The van der Waals surface area contributed by atoms with E-state index in [1.54, 1.807) is 0 Å². The maximum absolute atomic E-state index is 12.5. The molecule has 96 valence electrons. The highest BCUT2D eigenvalue weighted by atomic mass is 16.2. The number of hydrogen-bond acceptors (Lipinski definition) is 1. The largest absolute Gasteiger partial charge is 0.339 e. The highest BCUT2D eigenvalue weighted by Crippen LogP contribution is 2.38. The van der Waals surface area contributed by atoms with Crippen LogP contribution in [0.3, 0.4) is 0 Å². The summed E-state index contributed by atoms with van der Waals surface area (Å²) in [6, 6.07) is 10.4. The molecular weight excluding hydrogens is 222 g/mol. The van der Waals surface area contributed by atoms with Crippen LogP contribution < -0.4 is 0 Å². The number of amides is 1. The lowest BCUT2D eigenvalue weighted by molar-refractivity contribution is -0.128. The highest BCUT2D eigenvalue weighted by molar-refractivity contribution is 5.85. The summed E-state index contributed by atoms with van der Waals surface area (Å²) in [6.45, 7) is 1.93. The molecule has 1 amide bonds. The van der Waals surface area contributed by atoms with Crippen molar-refractivity contribution in [3.8, 4) is 0 Å². The zero-order valence-corrected chi connectivity index (χ0v) is 10.8. The zero-order valence-electron chi connectivity index (χ0n) is 10.8. The van der Waals surface area contributed by atoms with E-state index in [9.17, 15) is 4.79 Å². The monoisotopic (exact) mass is 243 g/mol. The van der Waals surface area contributed by atoms with Crippen LogP contribution in [0.1, 0.15) is 43.6 Å². The Kier molecular flexibility index (Phi) is 3.35. The van der Waals surface area contributed by atoms with Gasteiger partial charge in [-0.2, -0.15) is 0 Å². The van der Waals surface area contributed by atoms with Gasteiger partial charge in [0.15, 0.2) is 0 Å². The van der Waals surface area contributed by atoms with Gasteiger partial charge >= 0.3 is 0 Å². The molecule has 0 spiro atoms. The summed E-state index contributed by atoms with van der Waals surface area (Å²) in [6.07, 6.45) is 6.37. The summed E-state index contributed by atoms with van der Waals surface area (Å²) >= 11 is 0. The standard InChI is InChI=1S/C16H21NO/c18-16(17-11-12-17)15(13-7-3-1-4-8-13)14-9-5-2-6-10-14/h1,3-4,7-8,14-15H,2,5-6,9-12H2/t15-/m1/s1. The second-order valence-electron chi connectivity index (χ2n) is 5.61. The first-order chi connectivity index (χ1) is 8.86. The second kappa shape index (κ2) is 5.13. The summed E-state index contributed by atoms with van der Waals surface area (Å²) in [4.78, 5) is 14.5. The first kappa shape index (κ1) is 11.8. The van der Waals surface area contributed by atoms with Crippen LogP contribution in [0.15, 0.2) is 30.3 Å². The average molecular weight is 243 g/mol. The molecule has 1 aromatic rings. The van der Waals surface area contributed by atoms with Gasteiger partial charge in [-0.3, -0.25) is 4.79 Å². The van der Waals surface area contributed by atoms with Crippen LogP contribution in [0, 0.1) is 5.92 Å². The van der Waals surface area contributed by atoms with Gasteiger partial charge in [-0.15, -0.1) is 0 Å². The van der Waals surface area contributed by atoms with E-state index < -0.39 is 0 Å². The van der Waals surface area contributed by atoms with Crippen molar-refractivity contribution in [1.29, 1.82) is 0 Å². The van der Waals surface area contributed by atoms with Crippen molar-refractivity contribution in [2.75, 3.05) is 13.1 Å². The number of rotatable bonds is 3. The molecule has 2 heteroatoms. The van der Waals surface area contributed by atoms with Crippen LogP contribution >= 0.6 is 0 Å². The fraction of sp³-hybridized carbons (Fsp3) is 0.562. The Morgan fingerprint density at radius 1 is 1.06 bits per heavy atom. The topological polar surface area (TPSA) is 20.1 Å². The molecule has 18 heavy (non-hydrogen) atoms. The van der Waals surface area contributed by atoms with E-state index in [0.29, 0.717) is 11.8 Å². The molecule has 0 radical (unpaired) electrons. The van der Waals surface area contributed by atoms with E-state index in [0.717, 1.165) is 13.1 Å². The van der Waals surface area contributed by atoms with Crippen LogP contribution in [0.2, 0.25) is 0 Å². The smallest absolute Gasteiger partial charge is 0.230 e. The SMILES string of the molecule is O=C([C@H](c1ccccc1)C1CCCCC1)N1CC1. The first-order valence-electron chi connectivity index (χ1n) is 7.20. The number of carbonyl (C=O) groups is 1. The summed E-state index contributed by atoms with van der Waals surface area (Å²) in [5, 5.41) is 0. The molecule has 0 bridgehead atoms. The lowest BCUT2D eigenvalue weighted by Gasteiger charge is -2.29. The molecule has 1 aliphatic carbocycles. The Bertz CT molecular complexity index is 404. The lowest BCUT2D eigenvalue weighted by Crippen LogP contribution is -2.28. The van der Waals surface area contributed by atoms with Gasteiger partial charge in [0.2, 0.25) is 5.91 Å². The summed E-state index contributed by atoms with van der Waals surface area (Å²) in [7, 11) is 0. The lowest BCUT2D eigenvalue weighted by atomic mass is 9.76. The van der Waals surface area contributed by atoms with Crippen LogP contribution in [-0.2, 0) is 4.79 Å². The fourth-order valence-electron chi connectivity index (χ4n) is 3.21. The molecule has 0 unspecified atom stereocenters. The third-order valence-electron chi connectivity index (χ3n) is 4.30. The molecule has 1 heterocycles. The van der Waals surface area contributed by atoms with E-state index in [1.165, 1.54) is 37.7 Å². The van der Waals surface area contributed by atoms with Gasteiger partial charge in [0, 0.05) is 13.1 Å². The molecule has 2 aliphatic rings. The molecule has 0 aromatic heterocycles. The number of nitrogens with zero attached hydrogens (tertiary/aromatic N) is 1. The van der Waals surface area contributed by atoms with E-state index in [-0.39, 0.29) is 5.92 Å². The molecule has 1 aromatic carbocycles. The second-order valence-corrected chi connectivity index (χ2v) is 5.61. The van der Waals surface area contributed by atoms with Crippen molar-refractivity contribution >= 4 is 5.91 Å². The van der Waals surface area contributed by atoms with Crippen molar-refractivity contribution < 1.29 is 4.79 Å². The van der Waals surface area contributed by atoms with E-state index >= 15 is 0 Å². The summed E-state index contributed by atoms with van der Waals surface area (Å²) in [5.41, 5.74) is 1.22. The normalized spacial score (nSPS) is 21.7. The van der Waals surface area contributed by atoms with Crippen molar-refractivity contribution in [2.45, 2.75) is 38.0 Å². The van der Waals surface area contributed by atoms with E-state index in [4.69, 9.17) is 0 Å². The first-order valence-corrected chi connectivity index (χ1v) is 7.20. The third-order valence-corrected chi connectivity index (χ3v) is 4.30. The molecule has 1 saturated carbocycles. The quantitative estimate of drug-likeness (QED) is 0.746. The predicted octanol–water partition coefficient (Wildman–Crippen LogP) is 3.19. The van der Waals surface area contributed by atoms with Gasteiger partial charge in [-0.25, -0.2) is 0 Å². The van der Waals surface area contributed by atoms with Gasteiger partial charge in [0.05, 0.1) is 5.92 Å². The highest BCUT2D eigenvalue weighted by Gasteiger charge is 2.37. The van der Waals surface area contributed by atoms with Crippen LogP contribution in [-0.4, -0.2) is 23.9 Å². The van der Waals surface area contributed by atoms with Gasteiger partial charge < -0.3 is 4.90 Å². The Labute approximate surface area is 109 Å². The van der Waals surface area contributed by atoms with Crippen molar-refractivity contribution in [3.63, 3.8) is 0 Å². The number of hydrogen-bond donors (Lipinski definition) is 0. The van der Waals surface area contributed by atoms with Crippen LogP contribution in [0.25, 0.3) is 0 Å². The van der Waals surface area contributed by atoms with E-state index in [2.05, 4.69) is 24.3 Å². The summed E-state index contributed by atoms with van der Waals surface area (Å²) in [5.74, 6) is 1.05. The Morgan fingerprint density at radius 3 is 2.33 bits per heavy atom. The maximum Gasteiger partial charge on any atom is 0.230 e. The molecule has 3 rings (SSSR count). The van der Waals surface area contributed by atoms with Crippen LogP contribution in [0.5, 0.6) is 0 Å². The fourth-order valence-corrected chi connectivity index (χ4v) is 3.21. The molecule has 0 N–H and O–H groups in total. The third kappa shape index (κ3) is 2.43.